The number of guanidine groups is 1. The van der Waals surface area contributed by atoms with Crippen molar-refractivity contribution in [1.29, 1.82) is 0 Å². The molecule has 1 atom stereocenters. The molecule has 2 heterocycles. The van der Waals surface area contributed by atoms with Crippen LogP contribution in [0.2, 0.25) is 0 Å². The molecule has 1 unspecified atom stereocenters. The first kappa shape index (κ1) is 21.8. The van der Waals surface area contributed by atoms with E-state index in [0.29, 0.717) is 4.75 Å². The van der Waals surface area contributed by atoms with Gasteiger partial charge in [-0.2, -0.15) is 11.8 Å². The highest BCUT2D eigenvalue weighted by molar-refractivity contribution is 14.0. The first-order valence-electron chi connectivity index (χ1n) is 9.38. The van der Waals surface area contributed by atoms with E-state index in [2.05, 4.69) is 64.6 Å². The number of hydrogen-bond donors (Lipinski definition) is 2. The zero-order valence-corrected chi connectivity index (χ0v) is 19.1. The molecule has 2 N–H and O–H groups in total. The average Bonchev–Trinajstić information content (AvgIpc) is 3.10. The number of thioether (sulfide) groups is 1. The van der Waals surface area contributed by atoms with Gasteiger partial charge >= 0.3 is 0 Å². The molecule has 146 valence electrons. The minimum absolute atomic E-state index is 0. The van der Waals surface area contributed by atoms with Crippen molar-refractivity contribution in [1.82, 2.24) is 10.6 Å². The molecular formula is C20H32IN3OS. The minimum Gasteiger partial charge on any atom is -0.381 e. The van der Waals surface area contributed by atoms with Gasteiger partial charge in [0.15, 0.2) is 5.96 Å². The zero-order chi connectivity index (χ0) is 17.6. The topological polar surface area (TPSA) is 45.7 Å². The number of halogens is 1. The van der Waals surface area contributed by atoms with Crippen molar-refractivity contribution in [2.24, 2.45) is 4.99 Å². The second-order valence-electron chi connectivity index (χ2n) is 7.44. The van der Waals surface area contributed by atoms with Gasteiger partial charge in [0.2, 0.25) is 0 Å². The van der Waals surface area contributed by atoms with Gasteiger partial charge < -0.3 is 15.4 Å². The fraction of sp³-hybridized carbons (Fsp3) is 0.650. The third kappa shape index (κ3) is 5.52. The van der Waals surface area contributed by atoms with Crippen molar-refractivity contribution in [3.05, 3.63) is 35.9 Å². The van der Waals surface area contributed by atoms with Crippen LogP contribution in [0.15, 0.2) is 35.3 Å². The Morgan fingerprint density at radius 1 is 1.12 bits per heavy atom. The van der Waals surface area contributed by atoms with Crippen LogP contribution in [0.25, 0.3) is 0 Å². The van der Waals surface area contributed by atoms with Gasteiger partial charge in [-0.05, 0) is 43.9 Å². The fourth-order valence-corrected chi connectivity index (χ4v) is 5.09. The molecule has 2 aliphatic heterocycles. The molecule has 0 radical (unpaired) electrons. The van der Waals surface area contributed by atoms with Gasteiger partial charge in [-0.15, -0.1) is 24.0 Å². The third-order valence-electron chi connectivity index (χ3n) is 5.58. The van der Waals surface area contributed by atoms with Crippen LogP contribution >= 0.6 is 35.7 Å². The molecule has 2 saturated heterocycles. The van der Waals surface area contributed by atoms with Crippen LogP contribution in [0.3, 0.4) is 0 Å². The largest absolute Gasteiger partial charge is 0.381 e. The second kappa shape index (κ2) is 10.2. The number of rotatable bonds is 5. The number of nitrogens with one attached hydrogen (secondary N) is 2. The summed E-state index contributed by atoms with van der Waals surface area (Å²) in [6, 6.07) is 10.9. The van der Waals surface area contributed by atoms with Crippen LogP contribution in [-0.4, -0.2) is 49.8 Å². The van der Waals surface area contributed by atoms with Crippen molar-refractivity contribution in [2.75, 3.05) is 39.1 Å². The van der Waals surface area contributed by atoms with Crippen molar-refractivity contribution in [2.45, 2.75) is 42.8 Å². The highest BCUT2D eigenvalue weighted by Crippen LogP contribution is 2.37. The molecule has 0 amide bonds. The summed E-state index contributed by atoms with van der Waals surface area (Å²) in [5.41, 5.74) is 1.53. The van der Waals surface area contributed by atoms with E-state index >= 15 is 0 Å². The first-order chi connectivity index (χ1) is 12.2. The fourth-order valence-electron chi connectivity index (χ4n) is 3.84. The molecule has 4 nitrogen and oxygen atoms in total. The van der Waals surface area contributed by atoms with E-state index in [-0.39, 0.29) is 29.4 Å². The smallest absolute Gasteiger partial charge is 0.191 e. The summed E-state index contributed by atoms with van der Waals surface area (Å²) in [4.78, 5) is 4.44. The molecule has 6 heteroatoms. The van der Waals surface area contributed by atoms with Crippen LogP contribution in [0.1, 0.15) is 38.2 Å². The van der Waals surface area contributed by atoms with Gasteiger partial charge in [-0.3, -0.25) is 4.99 Å². The molecule has 0 aliphatic carbocycles. The maximum absolute atomic E-state index is 5.63. The first-order valence-corrected chi connectivity index (χ1v) is 10.4. The number of hydrogen-bond acceptors (Lipinski definition) is 3. The number of ether oxygens (including phenoxy) is 1. The quantitative estimate of drug-likeness (QED) is 0.375. The normalized spacial score (nSPS) is 25.4. The van der Waals surface area contributed by atoms with Crippen LogP contribution < -0.4 is 10.6 Å². The second-order valence-corrected chi connectivity index (χ2v) is 9.12. The van der Waals surface area contributed by atoms with Gasteiger partial charge in [0.25, 0.3) is 0 Å². The predicted molar refractivity (Wildman–Crippen MR) is 123 cm³/mol. The van der Waals surface area contributed by atoms with Gasteiger partial charge in [-0.1, -0.05) is 30.3 Å². The Bertz CT molecular complexity index is 570. The molecule has 0 saturated carbocycles. The Kier molecular flexibility index (Phi) is 8.54. The Hall–Kier alpha value is -0.470. The van der Waals surface area contributed by atoms with Gasteiger partial charge in [-0.25, -0.2) is 0 Å². The van der Waals surface area contributed by atoms with Gasteiger partial charge in [0.1, 0.15) is 0 Å². The SMILES string of the molecule is CN=C(NCC1(C)CCCS1)NCC1(c2ccccc2)CCOCC1.I. The summed E-state index contributed by atoms with van der Waals surface area (Å²) in [7, 11) is 1.86. The molecule has 0 spiro atoms. The van der Waals surface area contributed by atoms with Crippen molar-refractivity contribution >= 4 is 41.7 Å². The number of benzene rings is 1. The predicted octanol–water partition coefficient (Wildman–Crippen LogP) is 3.80. The van der Waals surface area contributed by atoms with E-state index in [4.69, 9.17) is 4.74 Å². The van der Waals surface area contributed by atoms with Crippen molar-refractivity contribution < 1.29 is 4.74 Å². The minimum atomic E-state index is 0. The Labute approximate surface area is 179 Å². The Balaban J connectivity index is 0.00000243. The number of nitrogens with zero attached hydrogens (tertiary/aromatic N) is 1. The maximum atomic E-state index is 5.63. The Morgan fingerprint density at radius 2 is 1.81 bits per heavy atom. The van der Waals surface area contributed by atoms with Crippen molar-refractivity contribution in [3.63, 3.8) is 0 Å². The molecule has 2 aliphatic rings. The molecule has 26 heavy (non-hydrogen) atoms. The lowest BCUT2D eigenvalue weighted by Crippen LogP contribution is -2.50. The summed E-state index contributed by atoms with van der Waals surface area (Å²) in [5, 5.41) is 7.14. The van der Waals surface area contributed by atoms with E-state index in [0.717, 1.165) is 45.1 Å². The monoisotopic (exact) mass is 489 g/mol. The third-order valence-corrected chi connectivity index (χ3v) is 7.12. The lowest BCUT2D eigenvalue weighted by atomic mass is 9.74. The summed E-state index contributed by atoms with van der Waals surface area (Å²) in [6.07, 6.45) is 4.71. The zero-order valence-electron chi connectivity index (χ0n) is 15.9. The van der Waals surface area contributed by atoms with E-state index in [1.807, 2.05) is 7.05 Å². The molecule has 1 aromatic rings. The molecular weight excluding hydrogens is 457 g/mol. The van der Waals surface area contributed by atoms with E-state index in [9.17, 15) is 0 Å². The van der Waals surface area contributed by atoms with Gasteiger partial charge in [0.05, 0.1) is 0 Å². The summed E-state index contributed by atoms with van der Waals surface area (Å²) in [5.74, 6) is 2.19. The standard InChI is InChI=1S/C20H31N3OS.HI/c1-19(9-6-14-25-19)15-22-18(21-2)23-16-20(10-12-24-13-11-20)17-7-4-3-5-8-17;/h3-5,7-8H,6,9-16H2,1-2H3,(H2,21,22,23);1H. The van der Waals surface area contributed by atoms with Crippen LogP contribution in [-0.2, 0) is 10.2 Å². The van der Waals surface area contributed by atoms with Crippen LogP contribution in [0.4, 0.5) is 0 Å². The maximum Gasteiger partial charge on any atom is 0.191 e. The Morgan fingerprint density at radius 3 is 2.42 bits per heavy atom. The molecule has 0 aromatic heterocycles. The summed E-state index contributed by atoms with van der Waals surface area (Å²) < 4.78 is 5.97. The van der Waals surface area contributed by atoms with Gasteiger partial charge in [0, 0.05) is 43.5 Å². The molecule has 2 fully saturated rings. The lowest BCUT2D eigenvalue weighted by molar-refractivity contribution is 0.0514. The number of aliphatic imine (C=N–C) groups is 1. The average molecular weight is 489 g/mol. The van der Waals surface area contributed by atoms with E-state index in [1.165, 1.54) is 24.2 Å². The molecule has 3 rings (SSSR count). The van der Waals surface area contributed by atoms with E-state index < -0.39 is 0 Å². The van der Waals surface area contributed by atoms with Crippen LogP contribution in [0.5, 0.6) is 0 Å². The summed E-state index contributed by atoms with van der Waals surface area (Å²) >= 11 is 2.08. The van der Waals surface area contributed by atoms with E-state index in [1.54, 1.807) is 0 Å². The molecule has 1 aromatic carbocycles. The molecule has 0 bridgehead atoms. The lowest BCUT2D eigenvalue weighted by Gasteiger charge is -2.38. The van der Waals surface area contributed by atoms with Crippen LogP contribution in [0, 0.1) is 0 Å². The highest BCUT2D eigenvalue weighted by Gasteiger charge is 2.35. The highest BCUT2D eigenvalue weighted by atomic mass is 127. The summed E-state index contributed by atoms with van der Waals surface area (Å²) in [6.45, 7) is 5.88. The van der Waals surface area contributed by atoms with Crippen molar-refractivity contribution in [3.8, 4) is 0 Å².